The summed E-state index contributed by atoms with van der Waals surface area (Å²) in [5.74, 6) is -0.615. The maximum Gasteiger partial charge on any atom is 0.141 e. The van der Waals surface area contributed by atoms with Gasteiger partial charge in [0.25, 0.3) is 0 Å². The van der Waals surface area contributed by atoms with Crippen LogP contribution in [0.5, 0.6) is 5.75 Å². The Labute approximate surface area is 76.0 Å². The lowest BCUT2D eigenvalue weighted by atomic mass is 10.3. The first-order valence-electron chi connectivity index (χ1n) is 2.45. The molecule has 0 unspecified atom stereocenters. The first kappa shape index (κ1) is 8.07. The van der Waals surface area contributed by atoms with Crippen LogP contribution >= 0.6 is 34.2 Å². The second-order valence-electron chi connectivity index (χ2n) is 1.72. The van der Waals surface area contributed by atoms with Crippen LogP contribution in [0.4, 0.5) is 4.39 Å². The average molecular weight is 272 g/mol. The van der Waals surface area contributed by atoms with Gasteiger partial charge in [-0.05, 0) is 34.7 Å². The lowest BCUT2D eigenvalue weighted by molar-refractivity contribution is 0.463. The summed E-state index contributed by atoms with van der Waals surface area (Å²) in [6, 6.07) is 2.45. The Hall–Kier alpha value is -0.0300. The molecule has 0 heterocycles. The summed E-state index contributed by atoms with van der Waals surface area (Å²) in [7, 11) is 0. The zero-order valence-electron chi connectivity index (χ0n) is 4.74. The van der Waals surface area contributed by atoms with Crippen LogP contribution in [0.25, 0.3) is 0 Å². The van der Waals surface area contributed by atoms with Crippen LogP contribution < -0.4 is 0 Å². The molecule has 0 saturated heterocycles. The monoisotopic (exact) mass is 272 g/mol. The predicted octanol–water partition coefficient (Wildman–Crippen LogP) is 2.79. The van der Waals surface area contributed by atoms with Crippen LogP contribution in [0.3, 0.4) is 0 Å². The van der Waals surface area contributed by atoms with E-state index in [1.807, 2.05) is 0 Å². The third-order valence-electron chi connectivity index (χ3n) is 0.974. The van der Waals surface area contributed by atoms with Gasteiger partial charge in [0.1, 0.15) is 11.6 Å². The zero-order valence-corrected chi connectivity index (χ0v) is 7.65. The van der Waals surface area contributed by atoms with Gasteiger partial charge < -0.3 is 5.11 Å². The van der Waals surface area contributed by atoms with Crippen LogP contribution in [-0.2, 0) is 0 Å². The van der Waals surface area contributed by atoms with E-state index in [-0.39, 0.29) is 14.3 Å². The molecule has 1 rings (SSSR count). The summed E-state index contributed by atoms with van der Waals surface area (Å²) >= 11 is 7.12. The molecule has 0 aliphatic rings. The second kappa shape index (κ2) is 2.92. The molecule has 1 aromatic rings. The van der Waals surface area contributed by atoms with Crippen molar-refractivity contribution in [2.45, 2.75) is 0 Å². The number of hydrogen-bond donors (Lipinski definition) is 1. The molecule has 1 aromatic carbocycles. The van der Waals surface area contributed by atoms with Gasteiger partial charge >= 0.3 is 0 Å². The SMILES string of the molecule is Oc1cc(Cl)cc(F)c1I. The molecule has 0 aliphatic carbocycles. The largest absolute Gasteiger partial charge is 0.507 e. The lowest BCUT2D eigenvalue weighted by Gasteiger charge is -1.97. The van der Waals surface area contributed by atoms with E-state index in [0.717, 1.165) is 6.07 Å². The van der Waals surface area contributed by atoms with Crippen molar-refractivity contribution in [3.8, 4) is 5.75 Å². The van der Waals surface area contributed by atoms with Gasteiger partial charge in [-0.2, -0.15) is 0 Å². The number of rotatable bonds is 0. The molecular weight excluding hydrogens is 269 g/mol. The van der Waals surface area contributed by atoms with Crippen LogP contribution in [0, 0.1) is 9.39 Å². The smallest absolute Gasteiger partial charge is 0.141 e. The molecule has 0 aromatic heterocycles. The Balaban J connectivity index is 3.31. The summed E-state index contributed by atoms with van der Waals surface area (Å²) in [4.78, 5) is 0. The first-order chi connectivity index (χ1) is 4.61. The minimum Gasteiger partial charge on any atom is -0.507 e. The van der Waals surface area contributed by atoms with Crippen LogP contribution in [0.1, 0.15) is 0 Å². The minimum atomic E-state index is -0.495. The molecule has 0 aliphatic heterocycles. The Kier molecular flexibility index (Phi) is 2.36. The van der Waals surface area contributed by atoms with Crippen molar-refractivity contribution >= 4 is 34.2 Å². The highest BCUT2D eigenvalue weighted by atomic mass is 127. The van der Waals surface area contributed by atoms with E-state index in [1.165, 1.54) is 6.07 Å². The van der Waals surface area contributed by atoms with Crippen molar-refractivity contribution in [1.29, 1.82) is 0 Å². The van der Waals surface area contributed by atoms with Gasteiger partial charge in [-0.25, -0.2) is 4.39 Å². The van der Waals surface area contributed by atoms with Gasteiger partial charge in [0.15, 0.2) is 0 Å². The summed E-state index contributed by atoms with van der Waals surface area (Å²) < 4.78 is 12.8. The van der Waals surface area contributed by atoms with E-state index in [1.54, 1.807) is 22.6 Å². The fraction of sp³-hybridized carbons (Fsp3) is 0. The number of halogens is 3. The molecule has 54 valence electrons. The maximum absolute atomic E-state index is 12.6. The fourth-order valence-electron chi connectivity index (χ4n) is 0.542. The normalized spacial score (nSPS) is 9.90. The number of phenols is 1. The van der Waals surface area contributed by atoms with Crippen molar-refractivity contribution in [3.05, 3.63) is 26.5 Å². The molecule has 0 radical (unpaired) electrons. The fourth-order valence-corrected chi connectivity index (χ4v) is 1.05. The number of phenolic OH excluding ortho intramolecular Hbond substituents is 1. The van der Waals surface area contributed by atoms with Crippen molar-refractivity contribution in [3.63, 3.8) is 0 Å². The van der Waals surface area contributed by atoms with E-state index < -0.39 is 5.82 Å². The molecule has 4 heteroatoms. The van der Waals surface area contributed by atoms with Gasteiger partial charge in [0.2, 0.25) is 0 Å². The molecule has 1 N–H and O–H groups in total. The quantitative estimate of drug-likeness (QED) is 0.569. The Morgan fingerprint density at radius 1 is 1.50 bits per heavy atom. The molecular formula is C6H3ClFIO. The standard InChI is InChI=1S/C6H3ClFIO/c7-3-1-4(8)6(9)5(10)2-3/h1-2,10H. The van der Waals surface area contributed by atoms with Crippen molar-refractivity contribution in [2.75, 3.05) is 0 Å². The number of aromatic hydroxyl groups is 1. The van der Waals surface area contributed by atoms with Gasteiger partial charge in [-0.3, -0.25) is 0 Å². The molecule has 0 fully saturated rings. The highest BCUT2D eigenvalue weighted by Crippen LogP contribution is 2.26. The van der Waals surface area contributed by atoms with E-state index in [2.05, 4.69) is 0 Å². The lowest BCUT2D eigenvalue weighted by Crippen LogP contribution is -1.81. The summed E-state index contributed by atoms with van der Waals surface area (Å²) in [6.45, 7) is 0. The first-order valence-corrected chi connectivity index (χ1v) is 3.90. The predicted molar refractivity (Wildman–Crippen MR) is 45.8 cm³/mol. The Morgan fingerprint density at radius 3 is 2.60 bits per heavy atom. The molecule has 0 saturated carbocycles. The van der Waals surface area contributed by atoms with Gasteiger partial charge in [-0.1, -0.05) is 11.6 Å². The number of hydrogen-bond acceptors (Lipinski definition) is 1. The van der Waals surface area contributed by atoms with E-state index in [9.17, 15) is 4.39 Å². The van der Waals surface area contributed by atoms with E-state index >= 15 is 0 Å². The summed E-state index contributed by atoms with van der Waals surface area (Å²) in [6.07, 6.45) is 0. The van der Waals surface area contributed by atoms with Crippen LogP contribution in [0.15, 0.2) is 12.1 Å². The molecule has 0 amide bonds. The third-order valence-corrected chi connectivity index (χ3v) is 2.26. The Morgan fingerprint density at radius 2 is 2.10 bits per heavy atom. The van der Waals surface area contributed by atoms with E-state index in [0.29, 0.717) is 0 Å². The summed E-state index contributed by atoms with van der Waals surface area (Å²) in [5, 5.41) is 9.15. The van der Waals surface area contributed by atoms with Crippen molar-refractivity contribution in [1.82, 2.24) is 0 Å². The molecule has 0 bridgehead atoms. The number of benzene rings is 1. The molecule has 0 spiro atoms. The van der Waals surface area contributed by atoms with Gasteiger partial charge in [0, 0.05) is 5.02 Å². The van der Waals surface area contributed by atoms with Crippen LogP contribution in [-0.4, -0.2) is 5.11 Å². The van der Waals surface area contributed by atoms with Gasteiger partial charge in [-0.15, -0.1) is 0 Å². The highest BCUT2D eigenvalue weighted by Gasteiger charge is 2.04. The third kappa shape index (κ3) is 1.52. The van der Waals surface area contributed by atoms with Crippen molar-refractivity contribution in [2.24, 2.45) is 0 Å². The second-order valence-corrected chi connectivity index (χ2v) is 3.24. The highest BCUT2D eigenvalue weighted by molar-refractivity contribution is 14.1. The Bertz CT molecular complexity index is 241. The van der Waals surface area contributed by atoms with E-state index in [4.69, 9.17) is 16.7 Å². The summed E-state index contributed by atoms with van der Waals surface area (Å²) in [5.41, 5.74) is 0. The molecule has 0 atom stereocenters. The van der Waals surface area contributed by atoms with Crippen LogP contribution in [0.2, 0.25) is 5.02 Å². The van der Waals surface area contributed by atoms with Gasteiger partial charge in [0.05, 0.1) is 3.57 Å². The minimum absolute atomic E-state index is 0.120. The average Bonchev–Trinajstić information content (AvgIpc) is 1.82. The maximum atomic E-state index is 12.6. The zero-order chi connectivity index (χ0) is 7.72. The topological polar surface area (TPSA) is 20.2 Å². The molecule has 10 heavy (non-hydrogen) atoms. The molecule has 1 nitrogen and oxygen atoms in total. The van der Waals surface area contributed by atoms with Crippen molar-refractivity contribution < 1.29 is 9.50 Å².